The average molecular weight is 286 g/mol. The Morgan fingerprint density at radius 2 is 2.32 bits per heavy atom. The molecule has 3 rings (SSSR count). The summed E-state index contributed by atoms with van der Waals surface area (Å²) in [6, 6.07) is 1.46. The summed E-state index contributed by atoms with van der Waals surface area (Å²) in [6.45, 7) is 0.672. The molecule has 1 aromatic rings. The van der Waals surface area contributed by atoms with Crippen LogP contribution in [-0.2, 0) is 21.4 Å². The fraction of sp³-hybridized carbons (Fsp3) is 0.667. The van der Waals surface area contributed by atoms with Crippen LogP contribution in [0.1, 0.15) is 25.0 Å². The first kappa shape index (κ1) is 13.1. The lowest BCUT2D eigenvalue weighted by Gasteiger charge is -2.36. The molecule has 106 valence electrons. The quantitative estimate of drug-likeness (QED) is 0.845. The number of aromatic nitrogens is 1. The normalized spacial score (nSPS) is 28.5. The number of nitrogens with zero attached hydrogens (tertiary/aromatic N) is 1. The van der Waals surface area contributed by atoms with Gasteiger partial charge in [0.05, 0.1) is 30.3 Å². The number of sulfonamides is 1. The number of morpholine rings is 1. The van der Waals surface area contributed by atoms with Crippen molar-refractivity contribution in [1.82, 2.24) is 9.29 Å². The lowest BCUT2D eigenvalue weighted by molar-refractivity contribution is -0.0241. The molecule has 2 N–H and O–H groups in total. The van der Waals surface area contributed by atoms with Gasteiger partial charge in [-0.05, 0) is 25.3 Å². The van der Waals surface area contributed by atoms with Crippen LogP contribution in [0.5, 0.6) is 0 Å². The van der Waals surface area contributed by atoms with E-state index in [1.165, 1.54) is 12.3 Å². The Labute approximate surface area is 112 Å². The van der Waals surface area contributed by atoms with Gasteiger partial charge in [0.1, 0.15) is 0 Å². The lowest BCUT2D eigenvalue weighted by Crippen LogP contribution is -2.51. The third kappa shape index (κ3) is 2.20. The van der Waals surface area contributed by atoms with E-state index in [0.29, 0.717) is 18.8 Å². The van der Waals surface area contributed by atoms with Gasteiger partial charge < -0.3 is 14.8 Å². The fourth-order valence-electron chi connectivity index (χ4n) is 2.98. The fourth-order valence-corrected chi connectivity index (χ4v) is 4.67. The van der Waals surface area contributed by atoms with Crippen LogP contribution in [0.3, 0.4) is 0 Å². The summed E-state index contributed by atoms with van der Waals surface area (Å²) in [4.78, 5) is 3.00. The van der Waals surface area contributed by atoms with Gasteiger partial charge in [0.2, 0.25) is 10.0 Å². The second kappa shape index (κ2) is 4.90. The van der Waals surface area contributed by atoms with Crippen LogP contribution >= 0.6 is 0 Å². The van der Waals surface area contributed by atoms with Crippen LogP contribution in [-0.4, -0.2) is 48.1 Å². The Balaban J connectivity index is 1.90. The maximum absolute atomic E-state index is 12.6. The number of aliphatic hydroxyl groups is 1. The highest BCUT2D eigenvalue weighted by molar-refractivity contribution is 7.89. The molecule has 2 fully saturated rings. The molecule has 1 aromatic heterocycles. The Kier molecular flexibility index (Phi) is 3.38. The van der Waals surface area contributed by atoms with E-state index in [9.17, 15) is 8.42 Å². The number of nitrogens with one attached hydrogen (secondary N) is 1. The van der Waals surface area contributed by atoms with Gasteiger partial charge in [-0.2, -0.15) is 4.31 Å². The first-order valence-corrected chi connectivity index (χ1v) is 7.98. The summed E-state index contributed by atoms with van der Waals surface area (Å²) in [6.07, 6.45) is 4.30. The van der Waals surface area contributed by atoms with Crippen molar-refractivity contribution in [2.24, 2.45) is 0 Å². The highest BCUT2D eigenvalue weighted by Crippen LogP contribution is 2.33. The minimum atomic E-state index is -3.49. The first-order valence-electron chi connectivity index (χ1n) is 6.54. The third-order valence-electron chi connectivity index (χ3n) is 3.92. The van der Waals surface area contributed by atoms with Gasteiger partial charge in [0, 0.05) is 18.4 Å². The second-order valence-corrected chi connectivity index (χ2v) is 6.93. The van der Waals surface area contributed by atoms with E-state index in [1.807, 2.05) is 0 Å². The topological polar surface area (TPSA) is 82.6 Å². The van der Waals surface area contributed by atoms with E-state index in [0.717, 1.165) is 19.3 Å². The molecule has 1 saturated heterocycles. The molecule has 2 heterocycles. The number of hydrogen-bond acceptors (Lipinski definition) is 4. The molecule has 2 unspecified atom stereocenters. The Bertz CT molecular complexity index is 554. The predicted molar refractivity (Wildman–Crippen MR) is 68.0 cm³/mol. The van der Waals surface area contributed by atoms with E-state index in [2.05, 4.69) is 4.98 Å². The summed E-state index contributed by atoms with van der Waals surface area (Å²) in [7, 11) is -3.49. The largest absolute Gasteiger partial charge is 0.390 e. The van der Waals surface area contributed by atoms with E-state index >= 15 is 0 Å². The summed E-state index contributed by atoms with van der Waals surface area (Å²) in [5.74, 6) is 0. The van der Waals surface area contributed by atoms with Crippen molar-refractivity contribution in [3.8, 4) is 0 Å². The summed E-state index contributed by atoms with van der Waals surface area (Å²) in [5, 5.41) is 9.02. The number of H-pyrrole nitrogens is 1. The number of fused-ring (bicyclic) bond motifs is 1. The molecule has 7 heteroatoms. The summed E-state index contributed by atoms with van der Waals surface area (Å²) >= 11 is 0. The van der Waals surface area contributed by atoms with Crippen molar-refractivity contribution >= 4 is 10.0 Å². The highest BCUT2D eigenvalue weighted by Gasteiger charge is 2.42. The van der Waals surface area contributed by atoms with Crippen molar-refractivity contribution in [2.75, 3.05) is 13.2 Å². The molecule has 1 aliphatic heterocycles. The Hall–Kier alpha value is -0.890. The molecule has 0 spiro atoms. The van der Waals surface area contributed by atoms with Gasteiger partial charge >= 0.3 is 0 Å². The molecular weight excluding hydrogens is 268 g/mol. The molecule has 1 saturated carbocycles. The monoisotopic (exact) mass is 286 g/mol. The van der Waals surface area contributed by atoms with Crippen molar-refractivity contribution in [1.29, 1.82) is 0 Å². The van der Waals surface area contributed by atoms with Crippen LogP contribution in [0.4, 0.5) is 0 Å². The van der Waals surface area contributed by atoms with E-state index in [4.69, 9.17) is 9.84 Å². The highest BCUT2D eigenvalue weighted by atomic mass is 32.2. The maximum Gasteiger partial charge on any atom is 0.245 e. The zero-order valence-corrected chi connectivity index (χ0v) is 11.4. The SMILES string of the molecule is O=S(=O)(c1c[nH]c(CO)c1)N1CCOC2CCCC21. The van der Waals surface area contributed by atoms with Gasteiger partial charge in [0.15, 0.2) is 0 Å². The van der Waals surface area contributed by atoms with Crippen LogP contribution in [0.2, 0.25) is 0 Å². The Morgan fingerprint density at radius 3 is 3.05 bits per heavy atom. The van der Waals surface area contributed by atoms with Crippen molar-refractivity contribution in [3.05, 3.63) is 18.0 Å². The zero-order valence-electron chi connectivity index (χ0n) is 10.6. The van der Waals surface area contributed by atoms with E-state index in [-0.39, 0.29) is 23.6 Å². The van der Waals surface area contributed by atoms with E-state index in [1.54, 1.807) is 4.31 Å². The molecule has 1 aliphatic carbocycles. The molecule has 0 bridgehead atoms. The van der Waals surface area contributed by atoms with Gasteiger partial charge in [-0.15, -0.1) is 0 Å². The van der Waals surface area contributed by atoms with Crippen LogP contribution in [0.15, 0.2) is 17.2 Å². The van der Waals surface area contributed by atoms with E-state index < -0.39 is 10.0 Å². The molecular formula is C12H18N2O4S. The average Bonchev–Trinajstić information content (AvgIpc) is 3.06. The van der Waals surface area contributed by atoms with Gasteiger partial charge in [-0.3, -0.25) is 0 Å². The Morgan fingerprint density at radius 1 is 1.47 bits per heavy atom. The lowest BCUT2D eigenvalue weighted by atomic mass is 10.2. The smallest absolute Gasteiger partial charge is 0.245 e. The zero-order chi connectivity index (χ0) is 13.5. The number of hydrogen-bond donors (Lipinski definition) is 2. The standard InChI is InChI=1S/C12H18N2O4S/c15-8-9-6-10(7-13-9)19(16,17)14-4-5-18-12-3-1-2-11(12)14/h6-7,11-13,15H,1-5,8H2. The van der Waals surface area contributed by atoms with Crippen molar-refractivity contribution < 1.29 is 18.3 Å². The van der Waals surface area contributed by atoms with Crippen LogP contribution in [0, 0.1) is 0 Å². The molecule has 2 aliphatic rings. The van der Waals surface area contributed by atoms with Gasteiger partial charge in [-0.1, -0.05) is 0 Å². The second-order valence-electron chi connectivity index (χ2n) is 5.04. The third-order valence-corrected chi connectivity index (χ3v) is 5.83. The number of aliphatic hydroxyl groups excluding tert-OH is 1. The minimum Gasteiger partial charge on any atom is -0.390 e. The first-order chi connectivity index (χ1) is 9.13. The molecule has 0 aromatic carbocycles. The number of ether oxygens (including phenoxy) is 1. The number of rotatable bonds is 3. The van der Waals surface area contributed by atoms with Gasteiger partial charge in [0.25, 0.3) is 0 Å². The van der Waals surface area contributed by atoms with Crippen molar-refractivity contribution in [2.45, 2.75) is 42.9 Å². The predicted octanol–water partition coefficient (Wildman–Crippen LogP) is 0.449. The van der Waals surface area contributed by atoms with Crippen LogP contribution in [0.25, 0.3) is 0 Å². The van der Waals surface area contributed by atoms with Gasteiger partial charge in [-0.25, -0.2) is 8.42 Å². The molecule has 19 heavy (non-hydrogen) atoms. The molecule has 2 atom stereocenters. The van der Waals surface area contributed by atoms with Crippen LogP contribution < -0.4 is 0 Å². The molecule has 0 radical (unpaired) electrons. The summed E-state index contributed by atoms with van der Waals surface area (Å²) in [5.41, 5.74) is 0.509. The minimum absolute atomic E-state index is 0.0359. The summed E-state index contributed by atoms with van der Waals surface area (Å²) < 4.78 is 32.5. The molecule has 6 nitrogen and oxygen atoms in total. The van der Waals surface area contributed by atoms with Crippen molar-refractivity contribution in [3.63, 3.8) is 0 Å². The molecule has 0 amide bonds. The number of aromatic amines is 1. The maximum atomic E-state index is 12.6.